The Hall–Kier alpha value is -1.60. The number of carbonyl (C=O) groups excluding carboxylic acids is 1. The molecule has 1 amide bonds. The fourth-order valence-electron chi connectivity index (χ4n) is 1.40. The van der Waals surface area contributed by atoms with Gasteiger partial charge in [0, 0.05) is 11.5 Å². The third-order valence-corrected chi connectivity index (χ3v) is 4.11. The molecule has 0 unspecified atom stereocenters. The van der Waals surface area contributed by atoms with Crippen LogP contribution in [0.25, 0.3) is 0 Å². The van der Waals surface area contributed by atoms with Gasteiger partial charge in [0.05, 0.1) is 12.8 Å². The van der Waals surface area contributed by atoms with Crippen LogP contribution >= 0.6 is 0 Å². The van der Waals surface area contributed by atoms with Crippen molar-refractivity contribution in [3.05, 3.63) is 18.2 Å². The number of hydrogen-bond donors (Lipinski definition) is 2. The highest BCUT2D eigenvalue weighted by molar-refractivity contribution is 7.86. The fraction of sp³-hybridized carbons (Fsp3) is 0.533. The lowest BCUT2D eigenvalue weighted by Gasteiger charge is -2.22. The lowest BCUT2D eigenvalue weighted by atomic mass is 9.89. The van der Waals surface area contributed by atoms with Crippen molar-refractivity contribution in [1.82, 2.24) is 0 Å². The second-order valence-corrected chi connectivity index (χ2v) is 6.42. The molecule has 1 aromatic rings. The highest BCUT2D eigenvalue weighted by Gasteiger charge is 2.27. The predicted octanol–water partition coefficient (Wildman–Crippen LogP) is 3.59. The highest BCUT2D eigenvalue weighted by atomic mass is 32.2. The molecule has 0 spiro atoms. The molecule has 7 heteroatoms. The van der Waals surface area contributed by atoms with Crippen molar-refractivity contribution >= 4 is 21.7 Å². The van der Waals surface area contributed by atoms with E-state index in [1.54, 1.807) is 13.8 Å². The molecule has 0 fully saturated rings. The zero-order chi connectivity index (χ0) is 15.6. The summed E-state index contributed by atoms with van der Waals surface area (Å²) in [4.78, 5) is 11.7. The van der Waals surface area contributed by atoms with Crippen molar-refractivity contribution in [2.45, 2.75) is 46.9 Å². The van der Waals surface area contributed by atoms with Gasteiger partial charge in [-0.3, -0.25) is 9.35 Å². The summed E-state index contributed by atoms with van der Waals surface area (Å²) in [5.41, 5.74) is -0.615. The first-order valence-corrected chi connectivity index (χ1v) is 7.53. The summed E-state index contributed by atoms with van der Waals surface area (Å²) < 4.78 is 36.9. The fourth-order valence-corrected chi connectivity index (χ4v) is 2.06. The second-order valence-electron chi connectivity index (χ2n) is 5.03. The monoisotopic (exact) mass is 333 g/mol. The Morgan fingerprint density at radius 1 is 1.32 bits per heavy atom. The van der Waals surface area contributed by atoms with E-state index in [2.05, 4.69) is 5.32 Å². The Morgan fingerprint density at radius 3 is 2.27 bits per heavy atom. The van der Waals surface area contributed by atoms with Gasteiger partial charge in [0.25, 0.3) is 10.1 Å². The number of rotatable bonds is 5. The zero-order valence-electron chi connectivity index (χ0n) is 11.9. The maximum Gasteiger partial charge on any atom is 0.296 e. The molecule has 0 heterocycles. The van der Waals surface area contributed by atoms with E-state index in [0.29, 0.717) is 6.42 Å². The molecule has 0 radical (unpaired) electrons. The topological polar surface area (TPSA) is 92.7 Å². The molecule has 6 nitrogen and oxygen atoms in total. The molecule has 0 saturated heterocycles. The molecule has 0 aliphatic heterocycles. The molecule has 128 valence electrons. The van der Waals surface area contributed by atoms with Gasteiger partial charge in [0.1, 0.15) is 10.6 Å². The number of nitrogens with one attached hydrogen (secondary N) is 1. The molecule has 0 aliphatic carbocycles. The standard InChI is InChI=1S/C13H19NO5S.2CH4/c1-5-13(2,3)12(15)14-10-7-6-9(19-4)8-11(10)20(16,17)18;;/h6-8H,5H2,1-4H3,(H,14,15)(H,16,17,18);2*1H4. The molecule has 0 bridgehead atoms. The van der Waals surface area contributed by atoms with Crippen LogP contribution in [0, 0.1) is 5.41 Å². The first kappa shape index (κ1) is 22.7. The van der Waals surface area contributed by atoms with Gasteiger partial charge in [-0.15, -0.1) is 0 Å². The van der Waals surface area contributed by atoms with Crippen LogP contribution in [0.2, 0.25) is 0 Å². The van der Waals surface area contributed by atoms with Gasteiger partial charge in [0.2, 0.25) is 5.91 Å². The van der Waals surface area contributed by atoms with E-state index in [1.807, 2.05) is 6.92 Å². The Kier molecular flexibility index (Phi) is 8.39. The van der Waals surface area contributed by atoms with Crippen molar-refractivity contribution in [3.63, 3.8) is 0 Å². The first-order valence-electron chi connectivity index (χ1n) is 6.09. The van der Waals surface area contributed by atoms with Crippen LogP contribution < -0.4 is 10.1 Å². The van der Waals surface area contributed by atoms with Crippen molar-refractivity contribution in [3.8, 4) is 5.75 Å². The van der Waals surface area contributed by atoms with E-state index in [4.69, 9.17) is 4.74 Å². The Bertz CT molecular complexity index is 608. The van der Waals surface area contributed by atoms with E-state index in [9.17, 15) is 17.8 Å². The Balaban J connectivity index is 0. The quantitative estimate of drug-likeness (QED) is 0.803. The van der Waals surface area contributed by atoms with Gasteiger partial charge in [-0.05, 0) is 18.6 Å². The van der Waals surface area contributed by atoms with Crippen molar-refractivity contribution in [2.24, 2.45) is 5.41 Å². The summed E-state index contributed by atoms with van der Waals surface area (Å²) in [5, 5.41) is 2.53. The molecule has 0 saturated carbocycles. The zero-order valence-corrected chi connectivity index (χ0v) is 12.7. The highest BCUT2D eigenvalue weighted by Crippen LogP contribution is 2.29. The summed E-state index contributed by atoms with van der Waals surface area (Å²) in [7, 11) is -3.08. The number of anilines is 1. The average Bonchev–Trinajstić information content (AvgIpc) is 2.37. The van der Waals surface area contributed by atoms with E-state index < -0.39 is 20.4 Å². The minimum absolute atomic E-state index is 0. The minimum atomic E-state index is -4.46. The summed E-state index contributed by atoms with van der Waals surface area (Å²) in [6.45, 7) is 5.36. The molecule has 0 aliphatic rings. The van der Waals surface area contributed by atoms with Gasteiger partial charge < -0.3 is 10.1 Å². The maximum atomic E-state index is 12.1. The lowest BCUT2D eigenvalue weighted by molar-refractivity contribution is -0.124. The number of ether oxygens (including phenoxy) is 1. The Labute approximate surface area is 133 Å². The Morgan fingerprint density at radius 2 is 1.86 bits per heavy atom. The number of benzene rings is 1. The van der Waals surface area contributed by atoms with Crippen LogP contribution in [-0.4, -0.2) is 26.0 Å². The van der Waals surface area contributed by atoms with Crippen LogP contribution in [0.3, 0.4) is 0 Å². The van der Waals surface area contributed by atoms with Crippen LogP contribution in [0.1, 0.15) is 42.0 Å². The van der Waals surface area contributed by atoms with Gasteiger partial charge in [0.15, 0.2) is 0 Å². The largest absolute Gasteiger partial charge is 0.497 e. The van der Waals surface area contributed by atoms with Crippen LogP contribution in [-0.2, 0) is 14.9 Å². The third kappa shape index (κ3) is 5.31. The first-order chi connectivity index (χ1) is 9.11. The summed E-state index contributed by atoms with van der Waals surface area (Å²) >= 11 is 0. The van der Waals surface area contributed by atoms with Crippen LogP contribution in [0.4, 0.5) is 5.69 Å². The molecule has 0 atom stereocenters. The van der Waals surface area contributed by atoms with Gasteiger partial charge in [-0.1, -0.05) is 35.6 Å². The van der Waals surface area contributed by atoms with Crippen LogP contribution in [0.15, 0.2) is 23.1 Å². The second kappa shape index (κ2) is 8.14. The number of amides is 1. The van der Waals surface area contributed by atoms with Crippen molar-refractivity contribution in [1.29, 1.82) is 0 Å². The van der Waals surface area contributed by atoms with E-state index in [0.717, 1.165) is 6.07 Å². The number of methoxy groups -OCH3 is 1. The van der Waals surface area contributed by atoms with Crippen molar-refractivity contribution < 1.29 is 22.5 Å². The number of hydrogen-bond acceptors (Lipinski definition) is 4. The molecular formula is C15H27NO5S. The SMILES string of the molecule is C.C.CCC(C)(C)C(=O)Nc1ccc(OC)cc1S(=O)(=O)O. The van der Waals surface area contributed by atoms with Gasteiger partial charge in [-0.2, -0.15) is 8.42 Å². The summed E-state index contributed by atoms with van der Waals surface area (Å²) in [6, 6.07) is 4.04. The number of carbonyl (C=O) groups is 1. The minimum Gasteiger partial charge on any atom is -0.497 e. The molecule has 1 aromatic carbocycles. The average molecular weight is 333 g/mol. The van der Waals surface area contributed by atoms with Gasteiger partial charge >= 0.3 is 0 Å². The van der Waals surface area contributed by atoms with E-state index >= 15 is 0 Å². The molecular weight excluding hydrogens is 306 g/mol. The third-order valence-electron chi connectivity index (χ3n) is 3.21. The van der Waals surface area contributed by atoms with Crippen LogP contribution in [0.5, 0.6) is 5.75 Å². The maximum absolute atomic E-state index is 12.1. The molecule has 0 aromatic heterocycles. The summed E-state index contributed by atoms with van der Waals surface area (Å²) in [6.07, 6.45) is 0.593. The summed E-state index contributed by atoms with van der Waals surface area (Å²) in [5.74, 6) is -0.0551. The molecule has 1 rings (SSSR count). The molecule has 22 heavy (non-hydrogen) atoms. The normalized spacial score (nSPS) is 11.0. The molecule has 2 N–H and O–H groups in total. The van der Waals surface area contributed by atoms with Crippen molar-refractivity contribution in [2.75, 3.05) is 12.4 Å². The van der Waals surface area contributed by atoms with E-state index in [1.165, 1.54) is 19.2 Å². The van der Waals surface area contributed by atoms with Gasteiger partial charge in [-0.25, -0.2) is 0 Å². The smallest absolute Gasteiger partial charge is 0.296 e. The van der Waals surface area contributed by atoms with E-state index in [-0.39, 0.29) is 32.2 Å². The lowest BCUT2D eigenvalue weighted by Crippen LogP contribution is -2.30. The predicted molar refractivity (Wildman–Crippen MR) is 89.0 cm³/mol.